The number of carbonyl (C=O) groups is 1. The zero-order valence-corrected chi connectivity index (χ0v) is 11.8. The molecule has 0 heterocycles. The van der Waals surface area contributed by atoms with Crippen molar-refractivity contribution in [2.24, 2.45) is 11.8 Å². The van der Waals surface area contributed by atoms with Gasteiger partial charge >= 0.3 is 0 Å². The highest BCUT2D eigenvalue weighted by Gasteiger charge is 2.20. The van der Waals surface area contributed by atoms with Crippen LogP contribution in [0.4, 0.5) is 0 Å². The minimum Gasteiger partial charge on any atom is -0.494 e. The van der Waals surface area contributed by atoms with E-state index in [1.165, 1.54) is 0 Å². The Labute approximate surface area is 114 Å². The van der Waals surface area contributed by atoms with Crippen LogP contribution < -0.4 is 10.1 Å². The monoisotopic (exact) mass is 265 g/mol. The Hall–Kier alpha value is -1.55. The van der Waals surface area contributed by atoms with Crippen LogP contribution in [0.5, 0.6) is 5.75 Å². The van der Waals surface area contributed by atoms with Crippen LogP contribution in [0.15, 0.2) is 24.3 Å². The molecule has 0 aromatic heterocycles. The second-order valence-corrected chi connectivity index (χ2v) is 4.83. The van der Waals surface area contributed by atoms with Crippen molar-refractivity contribution in [1.82, 2.24) is 5.32 Å². The number of aliphatic hydroxyl groups excluding tert-OH is 1. The molecule has 1 atom stereocenters. The molecule has 0 aliphatic carbocycles. The van der Waals surface area contributed by atoms with Crippen molar-refractivity contribution in [2.75, 3.05) is 13.2 Å². The van der Waals surface area contributed by atoms with Gasteiger partial charge in [-0.25, -0.2) is 0 Å². The minimum absolute atomic E-state index is 0.105. The molecule has 1 amide bonds. The first-order chi connectivity index (χ1) is 9.08. The SMILES string of the molecule is CCOc1ccc(CNC(=O)C(CO)C(C)C)cc1. The Morgan fingerprint density at radius 2 is 1.95 bits per heavy atom. The van der Waals surface area contributed by atoms with Gasteiger partial charge in [-0.15, -0.1) is 0 Å². The van der Waals surface area contributed by atoms with Crippen molar-refractivity contribution in [2.45, 2.75) is 27.3 Å². The molecule has 1 rings (SSSR count). The predicted molar refractivity (Wildman–Crippen MR) is 74.9 cm³/mol. The van der Waals surface area contributed by atoms with Gasteiger partial charge in [0.1, 0.15) is 5.75 Å². The van der Waals surface area contributed by atoms with E-state index in [0.29, 0.717) is 13.2 Å². The first-order valence-corrected chi connectivity index (χ1v) is 6.68. The van der Waals surface area contributed by atoms with Crippen LogP contribution in [-0.2, 0) is 11.3 Å². The summed E-state index contributed by atoms with van der Waals surface area (Å²) in [4.78, 5) is 11.9. The maximum absolute atomic E-state index is 11.9. The molecule has 1 aromatic rings. The van der Waals surface area contributed by atoms with Crippen LogP contribution in [0, 0.1) is 11.8 Å². The lowest BCUT2D eigenvalue weighted by atomic mass is 9.96. The summed E-state index contributed by atoms with van der Waals surface area (Å²) >= 11 is 0. The smallest absolute Gasteiger partial charge is 0.225 e. The molecule has 0 saturated carbocycles. The number of amides is 1. The van der Waals surface area contributed by atoms with E-state index in [-0.39, 0.29) is 24.3 Å². The highest BCUT2D eigenvalue weighted by molar-refractivity contribution is 5.78. The minimum atomic E-state index is -0.345. The van der Waals surface area contributed by atoms with Gasteiger partial charge in [0, 0.05) is 6.54 Å². The number of hydrogen-bond donors (Lipinski definition) is 2. The molecule has 1 aromatic carbocycles. The van der Waals surface area contributed by atoms with Crippen LogP contribution >= 0.6 is 0 Å². The molecule has 0 aliphatic rings. The van der Waals surface area contributed by atoms with Gasteiger partial charge in [-0.2, -0.15) is 0 Å². The third kappa shape index (κ3) is 4.91. The molecule has 2 N–H and O–H groups in total. The number of benzene rings is 1. The molecular weight excluding hydrogens is 242 g/mol. The summed E-state index contributed by atoms with van der Waals surface area (Å²) in [5.74, 6) is 0.507. The lowest BCUT2D eigenvalue weighted by molar-refractivity contribution is -0.127. The summed E-state index contributed by atoms with van der Waals surface area (Å²) < 4.78 is 5.35. The maximum Gasteiger partial charge on any atom is 0.225 e. The summed E-state index contributed by atoms with van der Waals surface area (Å²) in [7, 11) is 0. The Balaban J connectivity index is 2.49. The average molecular weight is 265 g/mol. The van der Waals surface area contributed by atoms with Crippen molar-refractivity contribution < 1.29 is 14.6 Å². The van der Waals surface area contributed by atoms with Gasteiger partial charge in [0.25, 0.3) is 0 Å². The summed E-state index contributed by atoms with van der Waals surface area (Å²) in [6.07, 6.45) is 0. The van der Waals surface area contributed by atoms with E-state index in [1.54, 1.807) is 0 Å². The quantitative estimate of drug-likeness (QED) is 0.792. The molecule has 4 nitrogen and oxygen atoms in total. The summed E-state index contributed by atoms with van der Waals surface area (Å²) in [5, 5.41) is 12.0. The Bertz CT molecular complexity index is 387. The third-order valence-corrected chi connectivity index (χ3v) is 3.04. The van der Waals surface area contributed by atoms with E-state index < -0.39 is 0 Å². The zero-order valence-electron chi connectivity index (χ0n) is 11.8. The predicted octanol–water partition coefficient (Wildman–Crippen LogP) is 1.97. The van der Waals surface area contributed by atoms with Crippen LogP contribution in [0.2, 0.25) is 0 Å². The zero-order chi connectivity index (χ0) is 14.3. The fourth-order valence-corrected chi connectivity index (χ4v) is 1.79. The van der Waals surface area contributed by atoms with Gasteiger partial charge < -0.3 is 15.2 Å². The second kappa shape index (κ2) is 7.79. The fourth-order valence-electron chi connectivity index (χ4n) is 1.79. The van der Waals surface area contributed by atoms with Gasteiger partial charge in [-0.3, -0.25) is 4.79 Å². The molecular formula is C15H23NO3. The lowest BCUT2D eigenvalue weighted by Crippen LogP contribution is -2.35. The summed E-state index contributed by atoms with van der Waals surface area (Å²) in [5.41, 5.74) is 1.01. The van der Waals surface area contributed by atoms with Gasteiger partial charge in [0.15, 0.2) is 0 Å². The van der Waals surface area contributed by atoms with Gasteiger partial charge in [-0.1, -0.05) is 26.0 Å². The number of aliphatic hydroxyl groups is 1. The van der Waals surface area contributed by atoms with E-state index in [1.807, 2.05) is 45.0 Å². The molecule has 19 heavy (non-hydrogen) atoms. The number of ether oxygens (including phenoxy) is 1. The molecule has 0 radical (unpaired) electrons. The number of hydrogen-bond acceptors (Lipinski definition) is 3. The van der Waals surface area contributed by atoms with Crippen LogP contribution in [0.3, 0.4) is 0 Å². The average Bonchev–Trinajstić information content (AvgIpc) is 2.38. The number of nitrogens with one attached hydrogen (secondary N) is 1. The first-order valence-electron chi connectivity index (χ1n) is 6.68. The van der Waals surface area contributed by atoms with Crippen molar-refractivity contribution in [3.63, 3.8) is 0 Å². The molecule has 1 unspecified atom stereocenters. The lowest BCUT2D eigenvalue weighted by Gasteiger charge is -2.17. The molecule has 4 heteroatoms. The molecule has 106 valence electrons. The van der Waals surface area contributed by atoms with Gasteiger partial charge in [0.05, 0.1) is 19.1 Å². The highest BCUT2D eigenvalue weighted by atomic mass is 16.5. The van der Waals surface area contributed by atoms with Crippen LogP contribution in [-0.4, -0.2) is 24.2 Å². The summed E-state index contributed by atoms with van der Waals surface area (Å²) in [6, 6.07) is 7.62. The Kier molecular flexibility index (Phi) is 6.36. The van der Waals surface area contributed by atoms with E-state index in [4.69, 9.17) is 4.74 Å². The largest absolute Gasteiger partial charge is 0.494 e. The third-order valence-electron chi connectivity index (χ3n) is 3.04. The van der Waals surface area contributed by atoms with E-state index in [9.17, 15) is 9.90 Å². The van der Waals surface area contributed by atoms with Crippen molar-refractivity contribution >= 4 is 5.91 Å². The van der Waals surface area contributed by atoms with E-state index >= 15 is 0 Å². The van der Waals surface area contributed by atoms with Crippen molar-refractivity contribution in [1.29, 1.82) is 0 Å². The first kappa shape index (κ1) is 15.5. The summed E-state index contributed by atoms with van der Waals surface area (Å²) in [6.45, 7) is 6.79. The van der Waals surface area contributed by atoms with Gasteiger partial charge in [-0.05, 0) is 30.5 Å². The number of rotatable bonds is 7. The topological polar surface area (TPSA) is 58.6 Å². The Morgan fingerprint density at radius 3 is 2.42 bits per heavy atom. The standard InChI is InChI=1S/C15H23NO3/c1-4-19-13-7-5-12(6-8-13)9-16-15(18)14(10-17)11(2)3/h5-8,11,14,17H,4,9-10H2,1-3H3,(H,16,18). The molecule has 0 fully saturated rings. The maximum atomic E-state index is 11.9. The van der Waals surface area contributed by atoms with Crippen LogP contribution in [0.1, 0.15) is 26.3 Å². The van der Waals surface area contributed by atoms with E-state index in [0.717, 1.165) is 11.3 Å². The normalized spacial score (nSPS) is 12.3. The molecule has 0 spiro atoms. The van der Waals surface area contributed by atoms with E-state index in [2.05, 4.69) is 5.32 Å². The highest BCUT2D eigenvalue weighted by Crippen LogP contribution is 2.13. The van der Waals surface area contributed by atoms with Gasteiger partial charge in [0.2, 0.25) is 5.91 Å². The van der Waals surface area contributed by atoms with Crippen LogP contribution in [0.25, 0.3) is 0 Å². The second-order valence-electron chi connectivity index (χ2n) is 4.83. The Morgan fingerprint density at radius 1 is 1.32 bits per heavy atom. The molecule has 0 aliphatic heterocycles. The fraction of sp³-hybridized carbons (Fsp3) is 0.533. The number of carbonyl (C=O) groups excluding carboxylic acids is 1. The molecule has 0 bridgehead atoms. The van der Waals surface area contributed by atoms with Crippen molar-refractivity contribution in [3.05, 3.63) is 29.8 Å². The van der Waals surface area contributed by atoms with Crippen molar-refractivity contribution in [3.8, 4) is 5.75 Å². The molecule has 0 saturated heterocycles.